The van der Waals surface area contributed by atoms with E-state index in [-0.39, 0.29) is 0 Å². The maximum Gasteiger partial charge on any atom is 0.215 e. The highest BCUT2D eigenvalue weighted by molar-refractivity contribution is 7.90. The number of sulfonamides is 1. The van der Waals surface area contributed by atoms with Crippen LogP contribution in [0.25, 0.3) is 0 Å². The summed E-state index contributed by atoms with van der Waals surface area (Å²) in [5.74, 6) is 0. The predicted molar refractivity (Wildman–Crippen MR) is 53.0 cm³/mol. The molecule has 76 valence electrons. The van der Waals surface area contributed by atoms with Gasteiger partial charge in [-0.3, -0.25) is 4.98 Å². The quantitative estimate of drug-likeness (QED) is 0.790. The molecule has 1 saturated carbocycles. The number of pyridine rings is 1. The molecule has 4 nitrogen and oxygen atoms in total. The summed E-state index contributed by atoms with van der Waals surface area (Å²) in [5, 5.41) is 5.17. The van der Waals surface area contributed by atoms with E-state index in [2.05, 4.69) is 4.98 Å². The first-order valence-electron chi connectivity index (χ1n) is 4.46. The number of nitrogens with zero attached hydrogens (tertiary/aromatic N) is 1. The molecule has 0 atom stereocenters. The Kier molecular flexibility index (Phi) is 2.08. The minimum absolute atomic E-state index is 0.437. The van der Waals surface area contributed by atoms with Crippen LogP contribution in [0, 0.1) is 0 Å². The van der Waals surface area contributed by atoms with E-state index in [0.717, 1.165) is 5.69 Å². The Bertz CT molecular complexity index is 423. The number of hydrogen-bond donors (Lipinski definition) is 1. The Morgan fingerprint density at radius 2 is 2.14 bits per heavy atom. The SMILES string of the molecule is NS(=O)(=O)C1(Cc2ccccn2)CC1. The average molecular weight is 212 g/mol. The maximum absolute atomic E-state index is 11.3. The topological polar surface area (TPSA) is 73.1 Å². The van der Waals surface area contributed by atoms with Crippen molar-refractivity contribution in [3.05, 3.63) is 30.1 Å². The third-order valence-electron chi connectivity index (χ3n) is 2.64. The summed E-state index contributed by atoms with van der Waals surface area (Å²) < 4.78 is 21.8. The van der Waals surface area contributed by atoms with Crippen molar-refractivity contribution in [1.29, 1.82) is 0 Å². The first kappa shape index (κ1) is 9.61. The van der Waals surface area contributed by atoms with Crippen molar-refractivity contribution in [2.45, 2.75) is 24.0 Å². The highest BCUT2D eigenvalue weighted by Crippen LogP contribution is 2.44. The molecule has 0 aliphatic heterocycles. The molecule has 5 heteroatoms. The molecule has 0 amide bonds. The lowest BCUT2D eigenvalue weighted by atomic mass is 10.2. The second-order valence-electron chi connectivity index (χ2n) is 3.73. The van der Waals surface area contributed by atoms with Gasteiger partial charge in [-0.2, -0.15) is 0 Å². The van der Waals surface area contributed by atoms with Crippen molar-refractivity contribution in [2.24, 2.45) is 5.14 Å². The molecule has 0 saturated heterocycles. The zero-order valence-corrected chi connectivity index (χ0v) is 8.50. The smallest absolute Gasteiger partial charge is 0.215 e. The molecule has 0 bridgehead atoms. The fourth-order valence-electron chi connectivity index (χ4n) is 1.53. The van der Waals surface area contributed by atoms with Crippen LogP contribution in [-0.2, 0) is 16.4 Å². The molecule has 1 aliphatic carbocycles. The molecular weight excluding hydrogens is 200 g/mol. The highest BCUT2D eigenvalue weighted by Gasteiger charge is 2.52. The van der Waals surface area contributed by atoms with Crippen molar-refractivity contribution >= 4 is 10.0 Å². The van der Waals surface area contributed by atoms with Crippen LogP contribution in [0.3, 0.4) is 0 Å². The lowest BCUT2D eigenvalue weighted by Crippen LogP contribution is -2.32. The van der Waals surface area contributed by atoms with Crippen molar-refractivity contribution in [1.82, 2.24) is 4.98 Å². The van der Waals surface area contributed by atoms with Crippen LogP contribution < -0.4 is 5.14 Å². The van der Waals surface area contributed by atoms with E-state index in [0.29, 0.717) is 19.3 Å². The Hall–Kier alpha value is -0.940. The first-order valence-corrected chi connectivity index (χ1v) is 6.00. The van der Waals surface area contributed by atoms with Crippen LogP contribution in [0.4, 0.5) is 0 Å². The molecule has 0 aromatic carbocycles. The number of nitrogens with two attached hydrogens (primary N) is 1. The van der Waals surface area contributed by atoms with E-state index in [1.165, 1.54) is 0 Å². The van der Waals surface area contributed by atoms with Gasteiger partial charge in [-0.25, -0.2) is 13.6 Å². The molecule has 2 rings (SSSR count). The molecule has 0 radical (unpaired) electrons. The van der Waals surface area contributed by atoms with E-state index < -0.39 is 14.8 Å². The summed E-state index contributed by atoms with van der Waals surface area (Å²) >= 11 is 0. The van der Waals surface area contributed by atoms with Crippen molar-refractivity contribution in [3.8, 4) is 0 Å². The lowest BCUT2D eigenvalue weighted by Gasteiger charge is -2.11. The minimum Gasteiger partial charge on any atom is -0.261 e. The monoisotopic (exact) mass is 212 g/mol. The van der Waals surface area contributed by atoms with E-state index >= 15 is 0 Å². The van der Waals surface area contributed by atoms with Gasteiger partial charge in [-0.05, 0) is 25.0 Å². The van der Waals surface area contributed by atoms with Gasteiger partial charge < -0.3 is 0 Å². The summed E-state index contributed by atoms with van der Waals surface area (Å²) in [4.78, 5) is 4.10. The van der Waals surface area contributed by atoms with Gasteiger partial charge in [0, 0.05) is 18.3 Å². The molecule has 14 heavy (non-hydrogen) atoms. The van der Waals surface area contributed by atoms with Gasteiger partial charge in [0.2, 0.25) is 10.0 Å². The minimum atomic E-state index is -3.43. The van der Waals surface area contributed by atoms with Crippen LogP contribution in [0.15, 0.2) is 24.4 Å². The van der Waals surface area contributed by atoms with Gasteiger partial charge in [0.25, 0.3) is 0 Å². The Labute approximate surface area is 83.2 Å². The molecule has 1 aliphatic rings. The molecule has 1 heterocycles. The fraction of sp³-hybridized carbons (Fsp3) is 0.444. The second kappa shape index (κ2) is 3.03. The third kappa shape index (κ3) is 1.65. The lowest BCUT2D eigenvalue weighted by molar-refractivity contribution is 0.575. The van der Waals surface area contributed by atoms with Gasteiger partial charge in [-0.1, -0.05) is 6.07 Å². The van der Waals surface area contributed by atoms with Crippen LogP contribution >= 0.6 is 0 Å². The van der Waals surface area contributed by atoms with Gasteiger partial charge in [0.15, 0.2) is 0 Å². The maximum atomic E-state index is 11.3. The summed E-state index contributed by atoms with van der Waals surface area (Å²) in [6.07, 6.45) is 3.41. The third-order valence-corrected chi connectivity index (χ3v) is 4.40. The van der Waals surface area contributed by atoms with E-state index in [1.807, 2.05) is 12.1 Å². The van der Waals surface area contributed by atoms with Gasteiger partial charge in [-0.15, -0.1) is 0 Å². The normalized spacial score (nSPS) is 19.2. The van der Waals surface area contributed by atoms with Crippen molar-refractivity contribution < 1.29 is 8.42 Å². The van der Waals surface area contributed by atoms with Crippen LogP contribution in [0.1, 0.15) is 18.5 Å². The number of hydrogen-bond acceptors (Lipinski definition) is 3. The van der Waals surface area contributed by atoms with E-state index in [9.17, 15) is 8.42 Å². The van der Waals surface area contributed by atoms with Crippen LogP contribution in [-0.4, -0.2) is 18.1 Å². The zero-order chi connectivity index (χ0) is 10.2. The standard InChI is InChI=1S/C9H12N2O2S/c10-14(12,13)9(4-5-9)7-8-3-1-2-6-11-8/h1-3,6H,4-5,7H2,(H2,10,12,13). The predicted octanol–water partition coefficient (Wildman–Crippen LogP) is 0.445. The second-order valence-corrected chi connectivity index (χ2v) is 5.68. The zero-order valence-electron chi connectivity index (χ0n) is 7.68. The molecule has 0 unspecified atom stereocenters. The molecule has 1 aromatic heterocycles. The van der Waals surface area contributed by atoms with E-state index in [1.54, 1.807) is 12.3 Å². The Morgan fingerprint density at radius 3 is 2.57 bits per heavy atom. The van der Waals surface area contributed by atoms with Gasteiger partial charge in [0.05, 0.1) is 4.75 Å². The Balaban J connectivity index is 2.21. The van der Waals surface area contributed by atoms with Crippen molar-refractivity contribution in [3.63, 3.8) is 0 Å². The highest BCUT2D eigenvalue weighted by atomic mass is 32.2. The first-order chi connectivity index (χ1) is 6.54. The summed E-state index contributed by atoms with van der Waals surface area (Å²) in [6, 6.07) is 5.48. The molecule has 0 spiro atoms. The van der Waals surface area contributed by atoms with Crippen LogP contribution in [0.2, 0.25) is 0 Å². The Morgan fingerprint density at radius 1 is 1.43 bits per heavy atom. The van der Waals surface area contributed by atoms with Gasteiger partial charge in [0.1, 0.15) is 0 Å². The molecule has 1 aromatic rings. The summed E-state index contributed by atoms with van der Waals surface area (Å²) in [6.45, 7) is 0. The van der Waals surface area contributed by atoms with Gasteiger partial charge >= 0.3 is 0 Å². The van der Waals surface area contributed by atoms with E-state index in [4.69, 9.17) is 5.14 Å². The molecule has 1 fully saturated rings. The summed E-state index contributed by atoms with van der Waals surface area (Å²) in [7, 11) is -3.43. The number of aromatic nitrogens is 1. The van der Waals surface area contributed by atoms with Crippen LogP contribution in [0.5, 0.6) is 0 Å². The van der Waals surface area contributed by atoms with Crippen molar-refractivity contribution in [2.75, 3.05) is 0 Å². The number of primary sulfonamides is 1. The number of rotatable bonds is 3. The molecule has 2 N–H and O–H groups in total. The largest absolute Gasteiger partial charge is 0.261 e. The average Bonchev–Trinajstić information content (AvgIpc) is 2.86. The molecular formula is C9H12N2O2S. The summed E-state index contributed by atoms with van der Waals surface area (Å²) in [5.41, 5.74) is 0.791. The fourth-order valence-corrected chi connectivity index (χ4v) is 2.55.